The Kier molecular flexibility index (Phi) is 4.15. The molecule has 3 N–H and O–H groups in total. The molecule has 1 aromatic rings. The van der Waals surface area contributed by atoms with Crippen LogP contribution in [0.4, 0.5) is 0 Å². The minimum atomic E-state index is -3.51. The van der Waals surface area contributed by atoms with Gasteiger partial charge in [-0.3, -0.25) is 16.1 Å². The fourth-order valence-corrected chi connectivity index (χ4v) is 3.20. The van der Waals surface area contributed by atoms with Crippen molar-refractivity contribution in [3.8, 4) is 0 Å². The Bertz CT molecular complexity index is 550. The van der Waals surface area contributed by atoms with Crippen LogP contribution in [0.15, 0.2) is 29.2 Å². The molecule has 2 rings (SSSR count). The molecular formula is C11H15N3O4S. The van der Waals surface area contributed by atoms with Crippen molar-refractivity contribution < 1.29 is 18.4 Å². The van der Waals surface area contributed by atoms with Gasteiger partial charge >= 0.3 is 0 Å². The number of nitrogens with zero attached hydrogens (tertiary/aromatic N) is 1. The second kappa shape index (κ2) is 5.66. The van der Waals surface area contributed by atoms with Crippen LogP contribution in [0.3, 0.4) is 0 Å². The Hall–Kier alpha value is -1.48. The van der Waals surface area contributed by atoms with E-state index in [9.17, 15) is 8.42 Å². The van der Waals surface area contributed by atoms with E-state index in [1.807, 2.05) is 0 Å². The molecule has 1 saturated heterocycles. The first-order chi connectivity index (χ1) is 9.05. The number of hydroxylamine groups is 1. The zero-order valence-corrected chi connectivity index (χ0v) is 11.0. The van der Waals surface area contributed by atoms with Gasteiger partial charge in [0.2, 0.25) is 10.0 Å². The third-order valence-electron chi connectivity index (χ3n) is 2.86. The zero-order chi connectivity index (χ0) is 13.9. The largest absolute Gasteiger partial charge is 0.379 e. The third-order valence-corrected chi connectivity index (χ3v) is 4.78. The van der Waals surface area contributed by atoms with Gasteiger partial charge in [-0.2, -0.15) is 4.31 Å². The van der Waals surface area contributed by atoms with Crippen LogP contribution in [0.1, 0.15) is 5.56 Å². The lowest BCUT2D eigenvalue weighted by Gasteiger charge is -2.26. The van der Waals surface area contributed by atoms with Gasteiger partial charge < -0.3 is 4.74 Å². The Morgan fingerprint density at radius 3 is 2.37 bits per heavy atom. The van der Waals surface area contributed by atoms with Crippen LogP contribution in [0.2, 0.25) is 0 Å². The lowest BCUT2D eigenvalue weighted by atomic mass is 10.2. The molecule has 1 aliphatic heterocycles. The van der Waals surface area contributed by atoms with Crippen LogP contribution in [0.5, 0.6) is 0 Å². The molecule has 0 bridgehead atoms. The van der Waals surface area contributed by atoms with E-state index in [4.69, 9.17) is 15.4 Å². The minimum Gasteiger partial charge on any atom is -0.379 e. The summed E-state index contributed by atoms with van der Waals surface area (Å²) in [6, 6.07) is 5.79. The van der Waals surface area contributed by atoms with E-state index in [1.54, 1.807) is 5.48 Å². The van der Waals surface area contributed by atoms with E-state index in [-0.39, 0.29) is 10.7 Å². The Labute approximate surface area is 111 Å². The molecule has 0 aliphatic carbocycles. The van der Waals surface area contributed by atoms with Crippen molar-refractivity contribution in [2.45, 2.75) is 4.90 Å². The third kappa shape index (κ3) is 2.92. The molecule has 0 spiro atoms. The van der Waals surface area contributed by atoms with Gasteiger partial charge in [-0.05, 0) is 24.3 Å². The fourth-order valence-electron chi connectivity index (χ4n) is 1.79. The maximum Gasteiger partial charge on any atom is 0.243 e. The first-order valence-electron chi connectivity index (χ1n) is 5.72. The lowest BCUT2D eigenvalue weighted by molar-refractivity contribution is 0.0730. The first kappa shape index (κ1) is 13.9. The summed E-state index contributed by atoms with van der Waals surface area (Å²) < 4.78 is 31.1. The van der Waals surface area contributed by atoms with Crippen molar-refractivity contribution in [1.82, 2.24) is 9.79 Å². The van der Waals surface area contributed by atoms with Crippen LogP contribution in [0.25, 0.3) is 0 Å². The van der Waals surface area contributed by atoms with Crippen molar-refractivity contribution in [3.05, 3.63) is 29.8 Å². The first-order valence-corrected chi connectivity index (χ1v) is 7.16. The molecular weight excluding hydrogens is 270 g/mol. The molecule has 0 amide bonds. The van der Waals surface area contributed by atoms with E-state index in [0.29, 0.717) is 31.9 Å². The van der Waals surface area contributed by atoms with Crippen LogP contribution < -0.4 is 5.48 Å². The van der Waals surface area contributed by atoms with E-state index >= 15 is 0 Å². The number of benzene rings is 1. The van der Waals surface area contributed by atoms with Gasteiger partial charge in [-0.15, -0.1) is 0 Å². The average Bonchev–Trinajstić information content (AvgIpc) is 2.47. The lowest BCUT2D eigenvalue weighted by Crippen LogP contribution is -2.40. The summed E-state index contributed by atoms with van der Waals surface area (Å²) in [5.41, 5.74) is 2.12. The SMILES string of the molecule is N=C(NO)c1ccc(S(=O)(=O)N2CCOCC2)cc1. The number of amidine groups is 1. The van der Waals surface area contributed by atoms with Crippen molar-refractivity contribution in [3.63, 3.8) is 0 Å². The molecule has 1 aromatic carbocycles. The van der Waals surface area contributed by atoms with Gasteiger partial charge in [0, 0.05) is 18.7 Å². The molecule has 0 unspecified atom stereocenters. The topological polar surface area (TPSA) is 103 Å². The zero-order valence-electron chi connectivity index (χ0n) is 10.2. The van der Waals surface area contributed by atoms with Crippen molar-refractivity contribution in [2.24, 2.45) is 0 Å². The van der Waals surface area contributed by atoms with E-state index in [0.717, 1.165) is 0 Å². The molecule has 1 fully saturated rings. The van der Waals surface area contributed by atoms with E-state index < -0.39 is 10.0 Å². The monoisotopic (exact) mass is 285 g/mol. The molecule has 0 atom stereocenters. The normalized spacial score (nSPS) is 17.1. The molecule has 0 aromatic heterocycles. The van der Waals surface area contributed by atoms with Crippen molar-refractivity contribution in [2.75, 3.05) is 26.3 Å². The predicted molar refractivity (Wildman–Crippen MR) is 67.8 cm³/mol. The molecule has 19 heavy (non-hydrogen) atoms. The second-order valence-electron chi connectivity index (χ2n) is 4.03. The van der Waals surface area contributed by atoms with Crippen LogP contribution in [-0.4, -0.2) is 50.1 Å². The number of sulfonamides is 1. The highest BCUT2D eigenvalue weighted by Gasteiger charge is 2.26. The average molecular weight is 285 g/mol. The Balaban J connectivity index is 2.23. The number of hydrogen-bond acceptors (Lipinski definition) is 5. The van der Waals surface area contributed by atoms with Crippen molar-refractivity contribution in [1.29, 1.82) is 5.41 Å². The summed E-state index contributed by atoms with van der Waals surface area (Å²) in [5, 5.41) is 16.0. The second-order valence-corrected chi connectivity index (χ2v) is 5.97. The Morgan fingerprint density at radius 1 is 1.26 bits per heavy atom. The van der Waals surface area contributed by atoms with Gasteiger partial charge in [-0.1, -0.05) is 0 Å². The highest BCUT2D eigenvalue weighted by atomic mass is 32.2. The smallest absolute Gasteiger partial charge is 0.243 e. The van der Waals surface area contributed by atoms with Gasteiger partial charge in [0.15, 0.2) is 0 Å². The summed E-state index contributed by atoms with van der Waals surface area (Å²) in [6.07, 6.45) is 0. The van der Waals surface area contributed by atoms with E-state index in [1.165, 1.54) is 28.6 Å². The molecule has 8 heteroatoms. The summed E-state index contributed by atoms with van der Waals surface area (Å²) in [4.78, 5) is 0.170. The van der Waals surface area contributed by atoms with Gasteiger partial charge in [0.05, 0.1) is 18.1 Å². The van der Waals surface area contributed by atoms with Gasteiger partial charge in [0.1, 0.15) is 5.84 Å². The number of morpholine rings is 1. The van der Waals surface area contributed by atoms with Crippen LogP contribution in [-0.2, 0) is 14.8 Å². The standard InChI is InChI=1S/C11H15N3O4S/c12-11(13-15)9-1-3-10(4-2-9)19(16,17)14-5-7-18-8-6-14/h1-4,15H,5-8H2,(H2,12,13). The maximum atomic E-state index is 12.3. The summed E-state index contributed by atoms with van der Waals surface area (Å²) >= 11 is 0. The highest BCUT2D eigenvalue weighted by molar-refractivity contribution is 7.89. The van der Waals surface area contributed by atoms with Crippen LogP contribution in [0, 0.1) is 5.41 Å². The molecule has 0 radical (unpaired) electrons. The summed E-state index contributed by atoms with van der Waals surface area (Å²) in [7, 11) is -3.51. The fraction of sp³-hybridized carbons (Fsp3) is 0.364. The quantitative estimate of drug-likeness (QED) is 0.412. The molecule has 104 valence electrons. The molecule has 7 nitrogen and oxygen atoms in total. The minimum absolute atomic E-state index is 0.170. The number of ether oxygens (including phenoxy) is 1. The Morgan fingerprint density at radius 2 is 1.84 bits per heavy atom. The number of hydrogen-bond donors (Lipinski definition) is 3. The predicted octanol–water partition coefficient (Wildman–Crippen LogP) is 0.0117. The number of nitrogens with one attached hydrogen (secondary N) is 2. The van der Waals surface area contributed by atoms with Gasteiger partial charge in [-0.25, -0.2) is 8.42 Å². The van der Waals surface area contributed by atoms with Gasteiger partial charge in [0.25, 0.3) is 0 Å². The molecule has 1 heterocycles. The van der Waals surface area contributed by atoms with Crippen LogP contribution >= 0.6 is 0 Å². The number of rotatable bonds is 3. The van der Waals surface area contributed by atoms with Crippen molar-refractivity contribution >= 4 is 15.9 Å². The molecule has 0 saturated carbocycles. The summed E-state index contributed by atoms with van der Waals surface area (Å²) in [6.45, 7) is 1.49. The maximum absolute atomic E-state index is 12.3. The highest BCUT2D eigenvalue weighted by Crippen LogP contribution is 2.17. The van der Waals surface area contributed by atoms with E-state index in [2.05, 4.69) is 0 Å². The molecule has 1 aliphatic rings. The summed E-state index contributed by atoms with van der Waals surface area (Å²) in [5.74, 6) is -0.185.